The number of nitrogens with zero attached hydrogens (tertiary/aromatic N) is 2. The summed E-state index contributed by atoms with van der Waals surface area (Å²) in [6, 6.07) is 4.62. The second kappa shape index (κ2) is 4.21. The first-order valence-electron chi connectivity index (χ1n) is 6.33. The topological polar surface area (TPSA) is 53.6 Å². The second-order valence-corrected chi connectivity index (χ2v) is 5.64. The zero-order valence-corrected chi connectivity index (χ0v) is 10.8. The van der Waals surface area contributed by atoms with Crippen LogP contribution in [0.15, 0.2) is 30.7 Å². The van der Waals surface area contributed by atoms with Crippen LogP contribution in [0.2, 0.25) is 0 Å². The van der Waals surface area contributed by atoms with E-state index in [2.05, 4.69) is 34.3 Å². The van der Waals surface area contributed by atoms with Crippen molar-refractivity contribution in [2.75, 3.05) is 0 Å². The third-order valence-corrected chi connectivity index (χ3v) is 3.72. The summed E-state index contributed by atoms with van der Waals surface area (Å²) in [5, 5.41) is 10.8. The minimum atomic E-state index is 0.457. The summed E-state index contributed by atoms with van der Waals surface area (Å²) < 4.78 is 0. The maximum absolute atomic E-state index is 4.14. The molecule has 1 fully saturated rings. The first kappa shape index (κ1) is 11.4. The maximum atomic E-state index is 4.14. The molecule has 2 aromatic heterocycles. The fraction of sp³-hybridized carbons (Fsp3) is 0.429. The number of rotatable bonds is 4. The molecule has 1 aliphatic rings. The van der Waals surface area contributed by atoms with Crippen LogP contribution in [0.3, 0.4) is 0 Å². The Morgan fingerprint density at radius 3 is 2.94 bits per heavy atom. The van der Waals surface area contributed by atoms with Gasteiger partial charge in [0.15, 0.2) is 0 Å². The first-order valence-corrected chi connectivity index (χ1v) is 6.33. The molecule has 2 N–H and O–H groups in total. The van der Waals surface area contributed by atoms with Crippen LogP contribution in [-0.2, 0) is 6.54 Å². The van der Waals surface area contributed by atoms with E-state index < -0.39 is 0 Å². The Bertz CT molecular complexity index is 530. The van der Waals surface area contributed by atoms with Crippen molar-refractivity contribution in [1.29, 1.82) is 0 Å². The van der Waals surface area contributed by atoms with E-state index in [1.165, 1.54) is 12.0 Å². The molecule has 3 rings (SSSR count). The van der Waals surface area contributed by atoms with Gasteiger partial charge in [0.25, 0.3) is 0 Å². The molecule has 1 aliphatic carbocycles. The van der Waals surface area contributed by atoms with Crippen LogP contribution in [0, 0.1) is 5.41 Å². The van der Waals surface area contributed by atoms with E-state index in [1.54, 1.807) is 6.20 Å². The average molecular weight is 242 g/mol. The number of aromatic nitrogens is 3. The molecule has 0 bridgehead atoms. The van der Waals surface area contributed by atoms with E-state index in [-0.39, 0.29) is 0 Å². The Morgan fingerprint density at radius 1 is 1.44 bits per heavy atom. The fourth-order valence-corrected chi connectivity index (χ4v) is 2.25. The van der Waals surface area contributed by atoms with Gasteiger partial charge in [0, 0.05) is 36.1 Å². The predicted octanol–water partition coefficient (Wildman–Crippen LogP) is 2.36. The van der Waals surface area contributed by atoms with Gasteiger partial charge in [-0.1, -0.05) is 13.8 Å². The summed E-state index contributed by atoms with van der Waals surface area (Å²) in [5.74, 6) is 0. The van der Waals surface area contributed by atoms with Crippen molar-refractivity contribution < 1.29 is 0 Å². The predicted molar refractivity (Wildman–Crippen MR) is 70.8 cm³/mol. The molecular weight excluding hydrogens is 224 g/mol. The maximum Gasteiger partial charge on any atom is 0.0710 e. The zero-order valence-electron chi connectivity index (χ0n) is 10.8. The van der Waals surface area contributed by atoms with Crippen LogP contribution < -0.4 is 5.32 Å². The highest BCUT2D eigenvalue weighted by atomic mass is 15.1. The normalized spacial score (nSPS) is 20.9. The van der Waals surface area contributed by atoms with Crippen molar-refractivity contribution in [2.45, 2.75) is 32.9 Å². The van der Waals surface area contributed by atoms with Crippen molar-refractivity contribution in [3.05, 3.63) is 36.3 Å². The molecule has 0 spiro atoms. The van der Waals surface area contributed by atoms with Gasteiger partial charge in [-0.15, -0.1) is 0 Å². The van der Waals surface area contributed by atoms with E-state index in [0.29, 0.717) is 11.5 Å². The number of hydrogen-bond acceptors (Lipinski definition) is 3. The standard InChI is InChI=1S/C14H18N4/c1-14(2)6-12(14)16-8-11-9-17-18-13(11)10-4-3-5-15-7-10/h3-5,7,9,12,16H,6,8H2,1-2H3,(H,17,18). The average Bonchev–Trinajstić information content (AvgIpc) is 2.78. The van der Waals surface area contributed by atoms with E-state index in [1.807, 2.05) is 24.5 Å². The Kier molecular flexibility index (Phi) is 2.67. The van der Waals surface area contributed by atoms with Crippen LogP contribution in [0.5, 0.6) is 0 Å². The number of aromatic amines is 1. The molecule has 2 heterocycles. The molecule has 0 amide bonds. The smallest absolute Gasteiger partial charge is 0.0710 e. The van der Waals surface area contributed by atoms with Gasteiger partial charge in [0.05, 0.1) is 11.9 Å². The van der Waals surface area contributed by atoms with Gasteiger partial charge < -0.3 is 5.32 Å². The van der Waals surface area contributed by atoms with Crippen molar-refractivity contribution in [2.24, 2.45) is 5.41 Å². The molecule has 1 unspecified atom stereocenters. The quantitative estimate of drug-likeness (QED) is 0.865. The Labute approximate surface area is 107 Å². The van der Waals surface area contributed by atoms with E-state index in [0.717, 1.165) is 17.8 Å². The lowest BCUT2D eigenvalue weighted by Gasteiger charge is -2.07. The number of hydrogen-bond donors (Lipinski definition) is 2. The summed E-state index contributed by atoms with van der Waals surface area (Å²) in [6.45, 7) is 5.44. The third kappa shape index (κ3) is 2.16. The lowest BCUT2D eigenvalue weighted by Crippen LogP contribution is -2.20. The second-order valence-electron chi connectivity index (χ2n) is 5.64. The molecule has 4 heteroatoms. The lowest BCUT2D eigenvalue weighted by molar-refractivity contribution is 0.542. The number of H-pyrrole nitrogens is 1. The summed E-state index contributed by atoms with van der Waals surface area (Å²) >= 11 is 0. The Balaban J connectivity index is 1.72. The SMILES string of the molecule is CC1(C)CC1NCc1cn[nH]c1-c1cccnc1. The minimum absolute atomic E-state index is 0.457. The Hall–Kier alpha value is -1.68. The van der Waals surface area contributed by atoms with Gasteiger partial charge in [-0.05, 0) is 24.0 Å². The van der Waals surface area contributed by atoms with Crippen LogP contribution in [0.25, 0.3) is 11.3 Å². The summed E-state index contributed by atoms with van der Waals surface area (Å²) in [5.41, 5.74) is 3.81. The van der Waals surface area contributed by atoms with E-state index >= 15 is 0 Å². The lowest BCUT2D eigenvalue weighted by atomic mass is 10.1. The minimum Gasteiger partial charge on any atom is -0.309 e. The van der Waals surface area contributed by atoms with Gasteiger partial charge in [-0.25, -0.2) is 0 Å². The monoisotopic (exact) mass is 242 g/mol. The van der Waals surface area contributed by atoms with Crippen LogP contribution in [-0.4, -0.2) is 21.2 Å². The van der Waals surface area contributed by atoms with Crippen molar-refractivity contribution >= 4 is 0 Å². The fourth-order valence-electron chi connectivity index (χ4n) is 2.25. The molecule has 0 aliphatic heterocycles. The van der Waals surface area contributed by atoms with Crippen LogP contribution in [0.1, 0.15) is 25.8 Å². The molecule has 2 aromatic rings. The third-order valence-electron chi connectivity index (χ3n) is 3.72. The largest absolute Gasteiger partial charge is 0.309 e. The summed E-state index contributed by atoms with van der Waals surface area (Å²) in [4.78, 5) is 4.14. The van der Waals surface area contributed by atoms with Gasteiger partial charge in [0.1, 0.15) is 0 Å². The van der Waals surface area contributed by atoms with Crippen molar-refractivity contribution in [3.8, 4) is 11.3 Å². The highest BCUT2D eigenvalue weighted by Gasteiger charge is 2.45. The summed E-state index contributed by atoms with van der Waals surface area (Å²) in [7, 11) is 0. The number of pyridine rings is 1. The molecule has 0 aromatic carbocycles. The summed E-state index contributed by atoms with van der Waals surface area (Å²) in [6.07, 6.45) is 6.79. The van der Waals surface area contributed by atoms with E-state index in [4.69, 9.17) is 0 Å². The first-order chi connectivity index (χ1) is 8.67. The van der Waals surface area contributed by atoms with Crippen LogP contribution >= 0.6 is 0 Å². The Morgan fingerprint density at radius 2 is 2.28 bits per heavy atom. The van der Waals surface area contributed by atoms with Crippen LogP contribution in [0.4, 0.5) is 0 Å². The molecular formula is C14H18N4. The van der Waals surface area contributed by atoms with Gasteiger partial charge in [-0.2, -0.15) is 5.10 Å². The highest BCUT2D eigenvalue weighted by Crippen LogP contribution is 2.44. The van der Waals surface area contributed by atoms with Gasteiger partial charge in [0.2, 0.25) is 0 Å². The van der Waals surface area contributed by atoms with Gasteiger partial charge in [-0.3, -0.25) is 10.1 Å². The van der Waals surface area contributed by atoms with Crippen molar-refractivity contribution in [1.82, 2.24) is 20.5 Å². The molecule has 4 nitrogen and oxygen atoms in total. The van der Waals surface area contributed by atoms with E-state index in [9.17, 15) is 0 Å². The molecule has 0 saturated heterocycles. The highest BCUT2D eigenvalue weighted by molar-refractivity contribution is 5.61. The molecule has 1 saturated carbocycles. The zero-order chi connectivity index (χ0) is 12.6. The van der Waals surface area contributed by atoms with Gasteiger partial charge >= 0.3 is 0 Å². The molecule has 0 radical (unpaired) electrons. The molecule has 1 atom stereocenters. The molecule has 18 heavy (non-hydrogen) atoms. The number of nitrogens with one attached hydrogen (secondary N) is 2. The van der Waals surface area contributed by atoms with Crippen molar-refractivity contribution in [3.63, 3.8) is 0 Å². The molecule has 94 valence electrons.